The van der Waals surface area contributed by atoms with Crippen LogP contribution in [0.2, 0.25) is 0 Å². The van der Waals surface area contributed by atoms with Crippen molar-refractivity contribution in [1.29, 1.82) is 0 Å². The lowest BCUT2D eigenvalue weighted by molar-refractivity contribution is 0.0260. The van der Waals surface area contributed by atoms with Crippen LogP contribution in [0.3, 0.4) is 0 Å². The number of nitrogens with one attached hydrogen (secondary N) is 1. The number of carbonyl (C=O) groups is 1. The zero-order chi connectivity index (χ0) is 17.2. The topological polar surface area (TPSA) is 90.1 Å². The molecule has 126 valence electrons. The molecule has 0 aliphatic carbocycles. The van der Waals surface area contributed by atoms with E-state index in [1.165, 1.54) is 0 Å². The summed E-state index contributed by atoms with van der Waals surface area (Å²) in [5, 5.41) is 4.31. The molecule has 4 rings (SSSR count). The molecule has 1 amide bonds. The lowest BCUT2D eigenvalue weighted by Crippen LogP contribution is -2.34. The molecule has 2 aromatic carbocycles. The van der Waals surface area contributed by atoms with E-state index in [-0.39, 0.29) is 6.10 Å². The van der Waals surface area contributed by atoms with Crippen molar-refractivity contribution in [3.63, 3.8) is 0 Å². The summed E-state index contributed by atoms with van der Waals surface area (Å²) in [5.41, 5.74) is 8.29. The highest BCUT2D eigenvalue weighted by Gasteiger charge is 2.21. The normalized spacial score (nSPS) is 17.5. The number of para-hydroxylation sites is 1. The van der Waals surface area contributed by atoms with Crippen LogP contribution in [-0.2, 0) is 4.74 Å². The zero-order valence-corrected chi connectivity index (χ0v) is 13.6. The molecule has 0 radical (unpaired) electrons. The number of benzene rings is 2. The van der Waals surface area contributed by atoms with Crippen molar-refractivity contribution in [2.75, 3.05) is 19.7 Å². The SMILES string of the molecule is NC(=O)c1cccc(-c2nc(C3CNCCO3)c3ccccc3n2)c1. The summed E-state index contributed by atoms with van der Waals surface area (Å²) >= 11 is 0. The van der Waals surface area contributed by atoms with Crippen molar-refractivity contribution in [2.24, 2.45) is 5.73 Å². The molecular weight excluding hydrogens is 316 g/mol. The molecule has 0 spiro atoms. The van der Waals surface area contributed by atoms with Crippen molar-refractivity contribution >= 4 is 16.8 Å². The average Bonchev–Trinajstić information content (AvgIpc) is 2.68. The van der Waals surface area contributed by atoms with Gasteiger partial charge in [-0.25, -0.2) is 9.97 Å². The van der Waals surface area contributed by atoms with E-state index in [9.17, 15) is 4.79 Å². The number of morpholine rings is 1. The molecule has 1 saturated heterocycles. The van der Waals surface area contributed by atoms with E-state index in [1.54, 1.807) is 18.2 Å². The van der Waals surface area contributed by atoms with Crippen LogP contribution in [0.25, 0.3) is 22.3 Å². The Morgan fingerprint density at radius 2 is 2.04 bits per heavy atom. The van der Waals surface area contributed by atoms with E-state index in [2.05, 4.69) is 10.3 Å². The third kappa shape index (κ3) is 3.09. The van der Waals surface area contributed by atoms with Gasteiger partial charge in [-0.15, -0.1) is 0 Å². The van der Waals surface area contributed by atoms with Crippen LogP contribution >= 0.6 is 0 Å². The molecule has 6 heteroatoms. The third-order valence-corrected chi connectivity index (χ3v) is 4.27. The molecule has 3 aromatic rings. The van der Waals surface area contributed by atoms with Crippen molar-refractivity contribution in [3.8, 4) is 11.4 Å². The van der Waals surface area contributed by atoms with Crippen LogP contribution in [0, 0.1) is 0 Å². The highest BCUT2D eigenvalue weighted by Crippen LogP contribution is 2.28. The maximum atomic E-state index is 11.5. The number of aromatic nitrogens is 2. The number of carbonyl (C=O) groups excluding carboxylic acids is 1. The Balaban J connectivity index is 1.87. The molecule has 25 heavy (non-hydrogen) atoms. The van der Waals surface area contributed by atoms with Gasteiger partial charge < -0.3 is 15.8 Å². The molecule has 0 saturated carbocycles. The van der Waals surface area contributed by atoms with E-state index < -0.39 is 5.91 Å². The van der Waals surface area contributed by atoms with Crippen LogP contribution in [0.1, 0.15) is 22.2 Å². The monoisotopic (exact) mass is 334 g/mol. The van der Waals surface area contributed by atoms with Crippen molar-refractivity contribution < 1.29 is 9.53 Å². The summed E-state index contributed by atoms with van der Waals surface area (Å²) in [6.45, 7) is 2.20. The molecule has 1 aliphatic heterocycles. The first kappa shape index (κ1) is 15.7. The minimum Gasteiger partial charge on any atom is -0.369 e. The summed E-state index contributed by atoms with van der Waals surface area (Å²) in [5.74, 6) is 0.0913. The molecule has 1 atom stereocenters. The van der Waals surface area contributed by atoms with Crippen molar-refractivity contribution in [1.82, 2.24) is 15.3 Å². The number of rotatable bonds is 3. The Kier molecular flexibility index (Phi) is 4.13. The fraction of sp³-hybridized carbons (Fsp3) is 0.211. The number of amides is 1. The quantitative estimate of drug-likeness (QED) is 0.765. The van der Waals surface area contributed by atoms with Crippen molar-refractivity contribution in [3.05, 3.63) is 59.8 Å². The lowest BCUT2D eigenvalue weighted by Gasteiger charge is -2.24. The lowest BCUT2D eigenvalue weighted by atomic mass is 10.1. The minimum atomic E-state index is -0.470. The van der Waals surface area contributed by atoms with Gasteiger partial charge >= 0.3 is 0 Å². The second-order valence-electron chi connectivity index (χ2n) is 5.96. The standard InChI is InChI=1S/C19H18N4O2/c20-18(24)12-4-3-5-13(10-12)19-22-15-7-2-1-6-14(15)17(23-19)16-11-21-8-9-25-16/h1-7,10,16,21H,8-9,11H2,(H2,20,24). The van der Waals surface area contributed by atoms with Crippen LogP contribution in [-0.4, -0.2) is 35.6 Å². The summed E-state index contributed by atoms with van der Waals surface area (Å²) < 4.78 is 5.90. The van der Waals surface area contributed by atoms with Gasteiger partial charge in [0.1, 0.15) is 6.10 Å². The second kappa shape index (κ2) is 6.58. The summed E-state index contributed by atoms with van der Waals surface area (Å²) in [6, 6.07) is 14.9. The molecular formula is C19H18N4O2. The van der Waals surface area contributed by atoms with Gasteiger partial charge in [0.25, 0.3) is 0 Å². The first-order valence-electron chi connectivity index (χ1n) is 8.21. The highest BCUT2D eigenvalue weighted by molar-refractivity contribution is 5.94. The number of nitrogens with zero attached hydrogens (tertiary/aromatic N) is 2. The number of primary amides is 1. The average molecular weight is 334 g/mol. The number of hydrogen-bond donors (Lipinski definition) is 2. The summed E-state index contributed by atoms with van der Waals surface area (Å²) in [7, 11) is 0. The third-order valence-electron chi connectivity index (χ3n) is 4.27. The van der Waals surface area contributed by atoms with Crippen molar-refractivity contribution in [2.45, 2.75) is 6.10 Å². The van der Waals surface area contributed by atoms with E-state index in [4.69, 9.17) is 15.5 Å². The zero-order valence-electron chi connectivity index (χ0n) is 13.6. The van der Waals surface area contributed by atoms with Crippen LogP contribution in [0.15, 0.2) is 48.5 Å². The fourth-order valence-corrected chi connectivity index (χ4v) is 3.03. The molecule has 1 aliphatic rings. The highest BCUT2D eigenvalue weighted by atomic mass is 16.5. The Morgan fingerprint density at radius 1 is 1.16 bits per heavy atom. The first-order chi connectivity index (χ1) is 12.2. The number of ether oxygens (including phenoxy) is 1. The van der Waals surface area contributed by atoms with Gasteiger partial charge in [-0.3, -0.25) is 4.79 Å². The van der Waals surface area contributed by atoms with Gasteiger partial charge in [-0.05, 0) is 18.2 Å². The number of fused-ring (bicyclic) bond motifs is 1. The van der Waals surface area contributed by atoms with Gasteiger partial charge in [0, 0.05) is 29.6 Å². The van der Waals surface area contributed by atoms with Crippen LogP contribution in [0.4, 0.5) is 0 Å². The number of nitrogens with two attached hydrogens (primary N) is 1. The van der Waals surface area contributed by atoms with Gasteiger partial charge in [0.2, 0.25) is 5.91 Å². The minimum absolute atomic E-state index is 0.125. The van der Waals surface area contributed by atoms with Crippen LogP contribution < -0.4 is 11.1 Å². The van der Waals surface area contributed by atoms with E-state index >= 15 is 0 Å². The predicted octanol–water partition coefficient (Wildman–Crippen LogP) is 2.06. The largest absolute Gasteiger partial charge is 0.369 e. The summed E-state index contributed by atoms with van der Waals surface area (Å²) in [4.78, 5) is 20.9. The molecule has 1 unspecified atom stereocenters. The Bertz CT molecular complexity index is 936. The Hall–Kier alpha value is -2.83. The van der Waals surface area contributed by atoms with Gasteiger partial charge in [0.05, 0.1) is 17.8 Å². The molecule has 6 nitrogen and oxygen atoms in total. The first-order valence-corrected chi connectivity index (χ1v) is 8.21. The van der Waals surface area contributed by atoms with Gasteiger partial charge in [-0.1, -0.05) is 30.3 Å². The number of hydrogen-bond acceptors (Lipinski definition) is 5. The molecule has 1 aromatic heterocycles. The van der Waals surface area contributed by atoms with Gasteiger partial charge in [-0.2, -0.15) is 0 Å². The predicted molar refractivity (Wildman–Crippen MR) is 95.1 cm³/mol. The fourth-order valence-electron chi connectivity index (χ4n) is 3.03. The smallest absolute Gasteiger partial charge is 0.248 e. The Morgan fingerprint density at radius 3 is 2.84 bits per heavy atom. The molecule has 3 N–H and O–H groups in total. The molecule has 0 bridgehead atoms. The van der Waals surface area contributed by atoms with Crippen LogP contribution in [0.5, 0.6) is 0 Å². The Labute approximate surface area is 145 Å². The van der Waals surface area contributed by atoms with E-state index in [0.717, 1.165) is 28.7 Å². The van der Waals surface area contributed by atoms with E-state index in [1.807, 2.05) is 30.3 Å². The van der Waals surface area contributed by atoms with E-state index in [0.29, 0.717) is 24.5 Å². The second-order valence-corrected chi connectivity index (χ2v) is 5.96. The maximum absolute atomic E-state index is 11.5. The van der Waals surface area contributed by atoms with Gasteiger partial charge in [0.15, 0.2) is 5.82 Å². The molecule has 2 heterocycles. The maximum Gasteiger partial charge on any atom is 0.248 e. The molecule has 1 fully saturated rings. The summed E-state index contributed by atoms with van der Waals surface area (Å²) in [6.07, 6.45) is -0.125.